The van der Waals surface area contributed by atoms with E-state index in [2.05, 4.69) is 30.9 Å². The number of aromatic nitrogens is 4. The summed E-state index contributed by atoms with van der Waals surface area (Å²) in [5.41, 5.74) is 3.42. The first-order valence-electron chi connectivity index (χ1n) is 10.5. The van der Waals surface area contributed by atoms with Gasteiger partial charge in [0.1, 0.15) is 27.8 Å². The van der Waals surface area contributed by atoms with Crippen molar-refractivity contribution in [2.45, 2.75) is 35.9 Å². The first-order valence-corrected chi connectivity index (χ1v) is 14.4. The highest BCUT2D eigenvalue weighted by Gasteiger charge is 2.54. The molecule has 0 spiro atoms. The molecule has 19 heteroatoms. The summed E-state index contributed by atoms with van der Waals surface area (Å²) in [6.45, 7) is 2.49. The number of carboxylic acids is 2. The van der Waals surface area contributed by atoms with Crippen LogP contribution in [0.5, 0.6) is 0 Å². The van der Waals surface area contributed by atoms with E-state index in [-0.39, 0.29) is 22.2 Å². The number of anilines is 1. The van der Waals surface area contributed by atoms with E-state index >= 15 is 0 Å². The number of carboxylic acid groups (broad SMARTS) is 2. The predicted molar refractivity (Wildman–Crippen MR) is 140 cm³/mol. The Labute approximate surface area is 231 Å². The summed E-state index contributed by atoms with van der Waals surface area (Å²) >= 11 is 4.97. The van der Waals surface area contributed by atoms with Gasteiger partial charge in [0.15, 0.2) is 10.8 Å². The molecule has 1 saturated heterocycles. The van der Waals surface area contributed by atoms with E-state index in [1.807, 2.05) is 0 Å². The van der Waals surface area contributed by atoms with Crippen LogP contribution in [0.4, 0.5) is 5.13 Å². The Hall–Kier alpha value is -3.29. The largest absolute Gasteiger partial charge is 0.478 e. The van der Waals surface area contributed by atoms with Crippen LogP contribution in [0.25, 0.3) is 0 Å². The molecular formula is C19H20N8O7S4. The standard InChI is InChI=1S/C19H20N8O7S4/c1-19(2,17(32)33)34-25-10(7-4-36-18(20)22-7)13(28)23-11-14(29)27-12(16(30)31)8(5-35-15(11)27)37-6-38-9-3-21-26-24-9/h3-4,11,15H,5-6H2,1-2H3,(H2,20,22)(H,23,28)(H,30,31)(H,32,33)(H,21,24,26)/t11-,15+/m1/s1. The summed E-state index contributed by atoms with van der Waals surface area (Å²) in [5, 5.41) is 37.5. The molecule has 0 aliphatic carbocycles. The van der Waals surface area contributed by atoms with Crippen molar-refractivity contribution < 1.29 is 34.2 Å². The molecule has 0 bridgehead atoms. The average molecular weight is 601 g/mol. The minimum atomic E-state index is -1.75. The number of nitrogens with two attached hydrogens (primary N) is 1. The smallest absolute Gasteiger partial charge is 0.353 e. The molecule has 2 amide bonds. The van der Waals surface area contributed by atoms with Crippen molar-refractivity contribution in [3.63, 3.8) is 0 Å². The van der Waals surface area contributed by atoms with Crippen LogP contribution < -0.4 is 11.1 Å². The van der Waals surface area contributed by atoms with Gasteiger partial charge in [0.25, 0.3) is 11.8 Å². The van der Waals surface area contributed by atoms with Crippen molar-refractivity contribution in [1.29, 1.82) is 0 Å². The van der Waals surface area contributed by atoms with Crippen LogP contribution >= 0.6 is 46.6 Å². The van der Waals surface area contributed by atoms with Gasteiger partial charge in [0, 0.05) is 16.0 Å². The molecular weight excluding hydrogens is 581 g/mol. The highest BCUT2D eigenvalue weighted by molar-refractivity contribution is 8.18. The molecule has 2 atom stereocenters. The third-order valence-electron chi connectivity index (χ3n) is 5.12. The number of aliphatic carboxylic acids is 2. The van der Waals surface area contributed by atoms with Gasteiger partial charge in [-0.3, -0.25) is 14.5 Å². The first kappa shape index (κ1) is 27.7. The number of β-lactam (4-membered cyclic amide) rings is 1. The van der Waals surface area contributed by atoms with Crippen LogP contribution in [-0.2, 0) is 24.0 Å². The van der Waals surface area contributed by atoms with Gasteiger partial charge in [-0.25, -0.2) is 14.6 Å². The molecule has 15 nitrogen and oxygen atoms in total. The van der Waals surface area contributed by atoms with E-state index in [1.54, 1.807) is 6.20 Å². The Kier molecular flexibility index (Phi) is 8.19. The second-order valence-corrected chi connectivity index (χ2v) is 12.5. The topological polar surface area (TPSA) is 226 Å². The molecule has 4 heterocycles. The molecule has 1 fully saturated rings. The lowest BCUT2D eigenvalue weighted by atomic mass is 10.0. The zero-order valence-corrected chi connectivity index (χ0v) is 22.9. The predicted octanol–water partition coefficient (Wildman–Crippen LogP) is 0.606. The van der Waals surface area contributed by atoms with E-state index in [1.165, 1.54) is 54.5 Å². The zero-order chi connectivity index (χ0) is 27.6. The number of hydrogen-bond donors (Lipinski definition) is 5. The van der Waals surface area contributed by atoms with Crippen LogP contribution in [0, 0.1) is 0 Å². The third-order valence-corrected chi connectivity index (χ3v) is 9.37. The van der Waals surface area contributed by atoms with Crippen LogP contribution in [0.2, 0.25) is 0 Å². The van der Waals surface area contributed by atoms with Crippen molar-refractivity contribution >= 4 is 81.2 Å². The minimum Gasteiger partial charge on any atom is -0.478 e. The van der Waals surface area contributed by atoms with Crippen LogP contribution in [0.1, 0.15) is 19.5 Å². The fraction of sp³-hybridized carbons (Fsp3) is 0.368. The Morgan fingerprint density at radius 3 is 2.74 bits per heavy atom. The number of nitrogen functional groups attached to an aromatic ring is 1. The van der Waals surface area contributed by atoms with Gasteiger partial charge in [0.05, 0.1) is 11.3 Å². The summed E-state index contributed by atoms with van der Waals surface area (Å²) in [7, 11) is 0. The number of H-pyrrole nitrogens is 1. The molecule has 38 heavy (non-hydrogen) atoms. The minimum absolute atomic E-state index is 0.0283. The van der Waals surface area contributed by atoms with E-state index in [4.69, 9.17) is 10.6 Å². The monoisotopic (exact) mass is 600 g/mol. The molecule has 4 rings (SSSR count). The number of thiazole rings is 1. The van der Waals surface area contributed by atoms with Crippen molar-refractivity contribution in [3.05, 3.63) is 27.9 Å². The van der Waals surface area contributed by atoms with E-state index in [0.717, 1.165) is 16.2 Å². The second kappa shape index (κ2) is 11.2. The molecule has 0 aromatic carbocycles. The fourth-order valence-corrected chi connectivity index (χ4v) is 7.25. The molecule has 0 unspecified atom stereocenters. The molecule has 0 saturated carbocycles. The van der Waals surface area contributed by atoms with Crippen LogP contribution in [0.15, 0.2) is 32.4 Å². The van der Waals surface area contributed by atoms with E-state index < -0.39 is 40.8 Å². The summed E-state index contributed by atoms with van der Waals surface area (Å²) in [4.78, 5) is 60.3. The van der Waals surface area contributed by atoms with E-state index in [0.29, 0.717) is 20.8 Å². The Morgan fingerprint density at radius 2 is 2.13 bits per heavy atom. The number of aromatic amines is 1. The van der Waals surface area contributed by atoms with Gasteiger partial charge < -0.3 is 26.1 Å². The maximum Gasteiger partial charge on any atom is 0.353 e. The number of thioether (sulfide) groups is 3. The van der Waals surface area contributed by atoms with Gasteiger partial charge >= 0.3 is 11.9 Å². The molecule has 202 valence electrons. The summed E-state index contributed by atoms with van der Waals surface area (Å²) in [5.74, 6) is -3.74. The number of rotatable bonds is 11. The molecule has 2 aromatic rings. The molecule has 6 N–H and O–H groups in total. The SMILES string of the molecule is CC(C)(ON=C(C(=O)N[C@@H]1C(=O)N2C(C(=O)O)=C(SCSc3cn[nH]n3)CS[C@@H]12)c1csc(N)n1)C(=O)O. The molecule has 0 radical (unpaired) electrons. The van der Waals surface area contributed by atoms with Crippen molar-refractivity contribution in [1.82, 2.24) is 30.6 Å². The average Bonchev–Trinajstić information content (AvgIpc) is 3.54. The Bertz CT molecular complexity index is 1330. The van der Waals surface area contributed by atoms with Crippen molar-refractivity contribution in [2.75, 3.05) is 16.6 Å². The highest BCUT2D eigenvalue weighted by atomic mass is 32.2. The number of fused-ring (bicyclic) bond motifs is 1. The Balaban J connectivity index is 1.49. The van der Waals surface area contributed by atoms with Gasteiger partial charge in [-0.15, -0.1) is 40.0 Å². The lowest BCUT2D eigenvalue weighted by Crippen LogP contribution is -2.71. The maximum absolute atomic E-state index is 13.1. The van der Waals surface area contributed by atoms with Crippen LogP contribution in [0.3, 0.4) is 0 Å². The fourth-order valence-electron chi connectivity index (χ4n) is 3.13. The maximum atomic E-state index is 13.1. The lowest BCUT2D eigenvalue weighted by Gasteiger charge is -2.49. The number of oxime groups is 1. The summed E-state index contributed by atoms with van der Waals surface area (Å²) in [6.07, 6.45) is 1.54. The lowest BCUT2D eigenvalue weighted by molar-refractivity contribution is -0.161. The molecule has 2 aromatic heterocycles. The molecule has 2 aliphatic heterocycles. The number of hydrogen-bond acceptors (Lipinski definition) is 14. The molecule has 2 aliphatic rings. The van der Waals surface area contributed by atoms with Gasteiger partial charge in [-0.2, -0.15) is 10.3 Å². The van der Waals surface area contributed by atoms with Gasteiger partial charge in [0.2, 0.25) is 5.60 Å². The highest BCUT2D eigenvalue weighted by Crippen LogP contribution is 2.44. The first-order chi connectivity index (χ1) is 18.0. The second-order valence-electron chi connectivity index (χ2n) is 8.07. The number of nitrogens with zero attached hydrogens (tertiary/aromatic N) is 5. The van der Waals surface area contributed by atoms with Gasteiger partial charge in [-0.05, 0) is 13.8 Å². The van der Waals surface area contributed by atoms with Crippen molar-refractivity contribution in [2.24, 2.45) is 5.16 Å². The van der Waals surface area contributed by atoms with E-state index in [9.17, 15) is 29.4 Å². The van der Waals surface area contributed by atoms with Crippen LogP contribution in [-0.4, -0.2) is 92.8 Å². The number of nitrogens with one attached hydrogen (secondary N) is 2. The number of carbonyl (C=O) groups is 4. The number of carbonyl (C=O) groups excluding carboxylic acids is 2. The summed E-state index contributed by atoms with van der Waals surface area (Å²) in [6, 6.07) is -1.05. The Morgan fingerprint density at radius 1 is 1.37 bits per heavy atom. The van der Waals surface area contributed by atoms with Crippen molar-refractivity contribution in [3.8, 4) is 0 Å². The quantitative estimate of drug-likeness (QED) is 0.0783. The zero-order valence-electron chi connectivity index (χ0n) is 19.6. The third kappa shape index (κ3) is 5.74. The summed E-state index contributed by atoms with van der Waals surface area (Å²) < 4.78 is 0. The normalized spacial score (nSPS) is 19.6. The number of amides is 2. The van der Waals surface area contributed by atoms with Gasteiger partial charge in [-0.1, -0.05) is 16.9 Å².